The quantitative estimate of drug-likeness (QED) is 0.571. The zero-order chi connectivity index (χ0) is 14.8. The van der Waals surface area contributed by atoms with Crippen LogP contribution in [-0.2, 0) is 6.42 Å². The van der Waals surface area contributed by atoms with Crippen molar-refractivity contribution in [3.05, 3.63) is 34.9 Å². The number of rotatable bonds is 10. The molecular formula is C19H32O. The molecule has 1 unspecified atom stereocenters. The first kappa shape index (κ1) is 17.2. The van der Waals surface area contributed by atoms with Gasteiger partial charge in [0.15, 0.2) is 0 Å². The van der Waals surface area contributed by atoms with Gasteiger partial charge in [0.1, 0.15) is 0 Å². The fourth-order valence-corrected chi connectivity index (χ4v) is 2.71. The molecule has 1 heteroatoms. The van der Waals surface area contributed by atoms with E-state index >= 15 is 0 Å². The first-order chi connectivity index (χ1) is 9.63. The second kappa shape index (κ2) is 9.99. The highest BCUT2D eigenvalue weighted by Gasteiger charge is 2.07. The smallest absolute Gasteiger partial charge is 0.0580 e. The highest BCUT2D eigenvalue weighted by atomic mass is 16.3. The van der Waals surface area contributed by atoms with Gasteiger partial charge >= 0.3 is 0 Å². The maximum absolute atomic E-state index is 10.2. The summed E-state index contributed by atoms with van der Waals surface area (Å²) in [7, 11) is 0. The van der Waals surface area contributed by atoms with Gasteiger partial charge in [0.25, 0.3) is 0 Å². The van der Waals surface area contributed by atoms with Crippen LogP contribution in [0.1, 0.15) is 75.0 Å². The fourth-order valence-electron chi connectivity index (χ4n) is 2.71. The Kier molecular flexibility index (Phi) is 8.60. The Balaban J connectivity index is 2.17. The van der Waals surface area contributed by atoms with Crippen molar-refractivity contribution in [2.24, 2.45) is 0 Å². The van der Waals surface area contributed by atoms with Gasteiger partial charge in [-0.15, -0.1) is 0 Å². The minimum absolute atomic E-state index is 0.175. The number of hydrogen-bond donors (Lipinski definition) is 1. The molecule has 1 atom stereocenters. The van der Waals surface area contributed by atoms with Gasteiger partial charge in [-0.2, -0.15) is 0 Å². The second-order valence-electron chi connectivity index (χ2n) is 6.20. The summed E-state index contributed by atoms with van der Waals surface area (Å²) in [5.74, 6) is 0. The predicted octanol–water partition coefficient (Wildman–Crippen LogP) is 5.35. The summed E-state index contributed by atoms with van der Waals surface area (Å²) >= 11 is 0. The molecule has 0 heterocycles. The van der Waals surface area contributed by atoms with Gasteiger partial charge in [0, 0.05) is 0 Å². The van der Waals surface area contributed by atoms with E-state index in [1.54, 1.807) is 0 Å². The number of aliphatic hydroxyl groups is 1. The molecule has 0 aliphatic rings. The summed E-state index contributed by atoms with van der Waals surface area (Å²) in [6.07, 6.45) is 10.8. The van der Waals surface area contributed by atoms with Crippen LogP contribution in [0, 0.1) is 13.8 Å². The van der Waals surface area contributed by atoms with Crippen molar-refractivity contribution < 1.29 is 5.11 Å². The van der Waals surface area contributed by atoms with Crippen molar-refractivity contribution in [2.45, 2.75) is 84.7 Å². The number of benzene rings is 1. The number of aryl methyl sites for hydroxylation is 2. The van der Waals surface area contributed by atoms with Crippen LogP contribution >= 0.6 is 0 Å². The Labute approximate surface area is 125 Å². The zero-order valence-electron chi connectivity index (χ0n) is 13.6. The summed E-state index contributed by atoms with van der Waals surface area (Å²) in [4.78, 5) is 0. The Bertz CT molecular complexity index is 370. The Morgan fingerprint density at radius 3 is 2.30 bits per heavy atom. The van der Waals surface area contributed by atoms with Gasteiger partial charge in [-0.3, -0.25) is 0 Å². The molecule has 0 aliphatic heterocycles. The van der Waals surface area contributed by atoms with Crippen LogP contribution in [0.2, 0.25) is 0 Å². The van der Waals surface area contributed by atoms with Crippen molar-refractivity contribution in [3.8, 4) is 0 Å². The van der Waals surface area contributed by atoms with Gasteiger partial charge in [-0.25, -0.2) is 0 Å². The van der Waals surface area contributed by atoms with Gasteiger partial charge in [0.2, 0.25) is 0 Å². The van der Waals surface area contributed by atoms with Crippen LogP contribution in [0.5, 0.6) is 0 Å². The van der Waals surface area contributed by atoms with E-state index in [4.69, 9.17) is 0 Å². The van der Waals surface area contributed by atoms with Crippen LogP contribution < -0.4 is 0 Å². The standard InChI is InChI=1S/C19H32O/c1-4-5-6-7-8-9-10-11-19(20)15-18-14-16(2)12-13-17(18)3/h12-14,19-20H,4-11,15H2,1-3H3. The first-order valence-corrected chi connectivity index (χ1v) is 8.37. The molecule has 0 aliphatic carbocycles. The SMILES string of the molecule is CCCCCCCCCC(O)Cc1cc(C)ccc1C. The van der Waals surface area contributed by atoms with Gasteiger partial charge in [-0.1, -0.05) is 75.6 Å². The van der Waals surface area contributed by atoms with Crippen molar-refractivity contribution in [1.82, 2.24) is 0 Å². The average Bonchev–Trinajstić information content (AvgIpc) is 2.42. The van der Waals surface area contributed by atoms with Gasteiger partial charge in [0.05, 0.1) is 6.10 Å². The molecule has 1 nitrogen and oxygen atoms in total. The van der Waals surface area contributed by atoms with Crippen molar-refractivity contribution >= 4 is 0 Å². The maximum atomic E-state index is 10.2. The molecule has 1 aromatic rings. The summed E-state index contributed by atoms with van der Waals surface area (Å²) in [5, 5.41) is 10.2. The Hall–Kier alpha value is -0.820. The lowest BCUT2D eigenvalue weighted by atomic mass is 9.97. The van der Waals surface area contributed by atoms with E-state index in [-0.39, 0.29) is 6.10 Å². The van der Waals surface area contributed by atoms with Gasteiger partial charge < -0.3 is 5.11 Å². The molecule has 0 radical (unpaired) electrons. The lowest BCUT2D eigenvalue weighted by Gasteiger charge is -2.13. The van der Waals surface area contributed by atoms with Crippen LogP contribution in [0.4, 0.5) is 0 Å². The predicted molar refractivity (Wildman–Crippen MR) is 88.2 cm³/mol. The van der Waals surface area contributed by atoms with Crippen LogP contribution in [0.25, 0.3) is 0 Å². The van der Waals surface area contributed by atoms with Crippen molar-refractivity contribution in [1.29, 1.82) is 0 Å². The minimum Gasteiger partial charge on any atom is -0.393 e. The maximum Gasteiger partial charge on any atom is 0.0580 e. The molecule has 114 valence electrons. The van der Waals surface area contributed by atoms with E-state index in [0.717, 1.165) is 19.3 Å². The molecule has 0 saturated carbocycles. The van der Waals surface area contributed by atoms with Crippen LogP contribution in [0.15, 0.2) is 18.2 Å². The van der Waals surface area contributed by atoms with E-state index in [2.05, 4.69) is 39.0 Å². The average molecular weight is 276 g/mol. The molecule has 1 rings (SSSR count). The Morgan fingerprint density at radius 1 is 0.950 bits per heavy atom. The largest absolute Gasteiger partial charge is 0.393 e. The normalized spacial score (nSPS) is 12.6. The van der Waals surface area contributed by atoms with E-state index in [1.165, 1.54) is 55.2 Å². The first-order valence-electron chi connectivity index (χ1n) is 8.37. The number of unbranched alkanes of at least 4 members (excludes halogenated alkanes) is 6. The minimum atomic E-state index is -0.175. The second-order valence-corrected chi connectivity index (χ2v) is 6.20. The summed E-state index contributed by atoms with van der Waals surface area (Å²) < 4.78 is 0. The molecular weight excluding hydrogens is 244 g/mol. The van der Waals surface area contributed by atoms with Crippen LogP contribution in [-0.4, -0.2) is 11.2 Å². The van der Waals surface area contributed by atoms with Crippen molar-refractivity contribution in [3.63, 3.8) is 0 Å². The topological polar surface area (TPSA) is 20.2 Å². The van der Waals surface area contributed by atoms with E-state index in [0.29, 0.717) is 0 Å². The molecule has 0 bridgehead atoms. The molecule has 0 aromatic heterocycles. The summed E-state index contributed by atoms with van der Waals surface area (Å²) in [6, 6.07) is 6.51. The molecule has 0 fully saturated rings. The fraction of sp³-hybridized carbons (Fsp3) is 0.684. The van der Waals surface area contributed by atoms with Crippen LogP contribution in [0.3, 0.4) is 0 Å². The third kappa shape index (κ3) is 7.09. The molecule has 0 saturated heterocycles. The highest BCUT2D eigenvalue weighted by molar-refractivity contribution is 5.30. The summed E-state index contributed by atoms with van der Waals surface area (Å²) in [6.45, 7) is 6.50. The lowest BCUT2D eigenvalue weighted by molar-refractivity contribution is 0.160. The van der Waals surface area contributed by atoms with Crippen molar-refractivity contribution in [2.75, 3.05) is 0 Å². The summed E-state index contributed by atoms with van der Waals surface area (Å²) in [5.41, 5.74) is 3.89. The monoisotopic (exact) mass is 276 g/mol. The lowest BCUT2D eigenvalue weighted by Crippen LogP contribution is -2.11. The number of aliphatic hydroxyl groups excluding tert-OH is 1. The number of hydrogen-bond acceptors (Lipinski definition) is 1. The molecule has 0 spiro atoms. The zero-order valence-corrected chi connectivity index (χ0v) is 13.6. The third-order valence-corrected chi connectivity index (χ3v) is 4.10. The Morgan fingerprint density at radius 2 is 1.60 bits per heavy atom. The molecule has 1 N–H and O–H groups in total. The van der Waals surface area contributed by atoms with E-state index < -0.39 is 0 Å². The van der Waals surface area contributed by atoms with E-state index in [9.17, 15) is 5.11 Å². The molecule has 0 amide bonds. The molecule has 1 aromatic carbocycles. The third-order valence-electron chi connectivity index (χ3n) is 4.10. The molecule has 20 heavy (non-hydrogen) atoms. The highest BCUT2D eigenvalue weighted by Crippen LogP contribution is 2.16. The van der Waals surface area contributed by atoms with Gasteiger partial charge in [-0.05, 0) is 37.8 Å². The van der Waals surface area contributed by atoms with E-state index in [1.807, 2.05) is 0 Å².